The largest absolute Gasteiger partial charge is 0.382 e. The van der Waals surface area contributed by atoms with Crippen molar-refractivity contribution in [1.29, 1.82) is 0 Å². The first-order valence-corrected chi connectivity index (χ1v) is 3.17. The summed E-state index contributed by atoms with van der Waals surface area (Å²) in [6.45, 7) is 10.7. The van der Waals surface area contributed by atoms with Crippen LogP contribution in [-0.2, 0) is 0 Å². The molecule has 1 radical (unpaired) electrons. The lowest BCUT2D eigenvalue weighted by atomic mass is 10.1. The normalized spacial score (nSPS) is 9.40. The Balaban J connectivity index is 3.68. The van der Waals surface area contributed by atoms with E-state index < -0.39 is 0 Å². The molecule has 0 saturated carbocycles. The fourth-order valence-corrected chi connectivity index (χ4v) is 0.573. The van der Waals surface area contributed by atoms with Crippen molar-refractivity contribution in [3.8, 4) is 0 Å². The first kappa shape index (κ1) is 9.18. The summed E-state index contributed by atoms with van der Waals surface area (Å²) in [5, 5.41) is 9.15. The van der Waals surface area contributed by atoms with E-state index in [1.807, 2.05) is 0 Å². The maximum absolute atomic E-state index is 9.15. The van der Waals surface area contributed by atoms with Crippen molar-refractivity contribution < 1.29 is 5.11 Å². The molecule has 0 unspecified atom stereocenters. The number of hydrogen-bond acceptors (Lipinski definition) is 1. The van der Waals surface area contributed by atoms with Crippen LogP contribution in [0.15, 0.2) is 37.5 Å². The molecule has 0 fully saturated rings. The molecule has 10 heavy (non-hydrogen) atoms. The minimum absolute atomic E-state index is 0.301. The van der Waals surface area contributed by atoms with E-state index in [0.717, 1.165) is 5.57 Å². The number of aliphatic hydroxyl groups is 1. The average molecular weight is 137 g/mol. The summed E-state index contributed by atoms with van der Waals surface area (Å²) in [6, 6.07) is 0. The van der Waals surface area contributed by atoms with Gasteiger partial charge in [0.2, 0.25) is 0 Å². The quantitative estimate of drug-likeness (QED) is 0.577. The Morgan fingerprint density at radius 1 is 1.20 bits per heavy atom. The minimum Gasteiger partial charge on any atom is -0.382 e. The van der Waals surface area contributed by atoms with E-state index in [4.69, 9.17) is 5.11 Å². The Morgan fingerprint density at radius 2 is 1.70 bits per heavy atom. The summed E-state index contributed by atoms with van der Waals surface area (Å²) < 4.78 is 0. The maximum Gasteiger partial charge on any atom is 0.122 e. The lowest BCUT2D eigenvalue weighted by molar-refractivity contribution is 0.320. The molecule has 0 saturated heterocycles. The van der Waals surface area contributed by atoms with Gasteiger partial charge in [-0.05, 0) is 12.0 Å². The van der Waals surface area contributed by atoms with Crippen LogP contribution in [-0.4, -0.2) is 5.11 Å². The van der Waals surface area contributed by atoms with Gasteiger partial charge in [-0.25, -0.2) is 0 Å². The van der Waals surface area contributed by atoms with Crippen molar-refractivity contribution in [3.63, 3.8) is 0 Å². The van der Waals surface area contributed by atoms with Crippen LogP contribution >= 0.6 is 0 Å². The van der Waals surface area contributed by atoms with Crippen LogP contribution in [0.25, 0.3) is 0 Å². The van der Waals surface area contributed by atoms with E-state index in [9.17, 15) is 0 Å². The lowest BCUT2D eigenvalue weighted by Gasteiger charge is -2.06. The monoisotopic (exact) mass is 137 g/mol. The highest BCUT2D eigenvalue weighted by Gasteiger charge is 2.04. The molecule has 1 nitrogen and oxygen atoms in total. The van der Waals surface area contributed by atoms with Gasteiger partial charge in [0.05, 0.1) is 0 Å². The van der Waals surface area contributed by atoms with Crippen LogP contribution in [0.4, 0.5) is 0 Å². The molecule has 0 aliphatic rings. The molecule has 0 aliphatic carbocycles. The molecule has 0 heterocycles. The van der Waals surface area contributed by atoms with Gasteiger partial charge in [-0.1, -0.05) is 18.7 Å². The zero-order chi connectivity index (χ0) is 7.98. The summed E-state index contributed by atoms with van der Waals surface area (Å²) in [6.07, 6.45) is 4.78. The first-order valence-electron chi connectivity index (χ1n) is 3.17. The summed E-state index contributed by atoms with van der Waals surface area (Å²) >= 11 is 0. The highest BCUT2D eigenvalue weighted by molar-refractivity contribution is 5.18. The Morgan fingerprint density at radius 3 is 2.10 bits per heavy atom. The van der Waals surface area contributed by atoms with Gasteiger partial charge >= 0.3 is 0 Å². The molecule has 1 N–H and O–H groups in total. The number of rotatable bonds is 5. The van der Waals surface area contributed by atoms with E-state index in [0.29, 0.717) is 18.9 Å². The molecule has 0 rings (SSSR count). The second kappa shape index (κ2) is 5.00. The third-order valence-electron chi connectivity index (χ3n) is 1.14. The molecule has 0 aromatic carbocycles. The fraction of sp³-hybridized carbons (Fsp3) is 0.222. The van der Waals surface area contributed by atoms with Crippen molar-refractivity contribution in [3.05, 3.63) is 43.6 Å². The standard InChI is InChI=1S/C9H13O/c1-4-6-8(3)9(10)7-5-2/h4-5,10H,1-3,6-7H2. The summed E-state index contributed by atoms with van der Waals surface area (Å²) in [7, 11) is 0. The van der Waals surface area contributed by atoms with Crippen LogP contribution < -0.4 is 0 Å². The molecule has 0 aromatic heterocycles. The van der Waals surface area contributed by atoms with Gasteiger partial charge in [-0.2, -0.15) is 0 Å². The van der Waals surface area contributed by atoms with E-state index in [2.05, 4.69) is 19.7 Å². The number of allylic oxidation sites excluding steroid dienone is 1. The third-order valence-corrected chi connectivity index (χ3v) is 1.14. The van der Waals surface area contributed by atoms with Gasteiger partial charge in [0.1, 0.15) is 6.10 Å². The second-order valence-corrected chi connectivity index (χ2v) is 2.04. The van der Waals surface area contributed by atoms with Crippen molar-refractivity contribution >= 4 is 0 Å². The molecule has 1 heteroatoms. The lowest BCUT2D eigenvalue weighted by Crippen LogP contribution is -1.96. The predicted octanol–water partition coefficient (Wildman–Crippen LogP) is 2.60. The Hall–Kier alpha value is -0.820. The highest BCUT2D eigenvalue weighted by atomic mass is 16.3. The third kappa shape index (κ3) is 3.25. The molecule has 55 valence electrons. The van der Waals surface area contributed by atoms with Crippen LogP contribution in [0, 0.1) is 6.10 Å². The second-order valence-electron chi connectivity index (χ2n) is 2.04. The van der Waals surface area contributed by atoms with Crippen molar-refractivity contribution in [1.82, 2.24) is 0 Å². The van der Waals surface area contributed by atoms with Gasteiger partial charge in [0.15, 0.2) is 0 Å². The average Bonchev–Trinajstić information content (AvgIpc) is 1.89. The van der Waals surface area contributed by atoms with E-state index in [1.165, 1.54) is 0 Å². The zero-order valence-electron chi connectivity index (χ0n) is 6.14. The van der Waals surface area contributed by atoms with Crippen LogP contribution in [0.1, 0.15) is 12.8 Å². The molecule has 0 bridgehead atoms. The first-order chi connectivity index (χ1) is 4.72. The van der Waals surface area contributed by atoms with Gasteiger partial charge < -0.3 is 5.11 Å². The fourth-order valence-electron chi connectivity index (χ4n) is 0.573. The molecule has 0 aliphatic heterocycles. The Labute approximate surface area is 62.4 Å². The van der Waals surface area contributed by atoms with Crippen LogP contribution in [0.2, 0.25) is 0 Å². The van der Waals surface area contributed by atoms with E-state index in [1.54, 1.807) is 12.2 Å². The van der Waals surface area contributed by atoms with E-state index >= 15 is 0 Å². The minimum atomic E-state index is 0.301. The highest BCUT2D eigenvalue weighted by Crippen LogP contribution is 2.15. The summed E-state index contributed by atoms with van der Waals surface area (Å²) in [5.41, 5.74) is 0.718. The SMILES string of the molecule is C=CC[C](O)C(=C)CC=C. The molecule has 0 spiro atoms. The van der Waals surface area contributed by atoms with Crippen LogP contribution in [0.3, 0.4) is 0 Å². The van der Waals surface area contributed by atoms with Gasteiger partial charge in [-0.3, -0.25) is 0 Å². The topological polar surface area (TPSA) is 20.2 Å². The Kier molecular flexibility index (Phi) is 4.59. The van der Waals surface area contributed by atoms with Gasteiger partial charge in [0, 0.05) is 6.42 Å². The van der Waals surface area contributed by atoms with Crippen molar-refractivity contribution in [2.45, 2.75) is 12.8 Å². The van der Waals surface area contributed by atoms with Gasteiger partial charge in [0.25, 0.3) is 0 Å². The zero-order valence-corrected chi connectivity index (χ0v) is 6.14. The Bertz CT molecular complexity index is 136. The van der Waals surface area contributed by atoms with E-state index in [-0.39, 0.29) is 0 Å². The molecule has 0 aromatic rings. The van der Waals surface area contributed by atoms with Crippen molar-refractivity contribution in [2.75, 3.05) is 0 Å². The molecular formula is C9H13O. The molecular weight excluding hydrogens is 124 g/mol. The predicted molar refractivity (Wildman–Crippen MR) is 43.9 cm³/mol. The smallest absolute Gasteiger partial charge is 0.122 e. The molecule has 0 atom stereocenters. The summed E-state index contributed by atoms with van der Waals surface area (Å²) in [5.74, 6) is 0. The molecule has 0 amide bonds. The summed E-state index contributed by atoms with van der Waals surface area (Å²) in [4.78, 5) is 0. The maximum atomic E-state index is 9.15. The van der Waals surface area contributed by atoms with Crippen molar-refractivity contribution in [2.24, 2.45) is 0 Å². The van der Waals surface area contributed by atoms with Gasteiger partial charge in [-0.15, -0.1) is 13.2 Å². The number of aliphatic hydroxyl groups excluding tert-OH is 1. The number of hydrogen-bond donors (Lipinski definition) is 1. The van der Waals surface area contributed by atoms with Crippen LogP contribution in [0.5, 0.6) is 0 Å².